The summed E-state index contributed by atoms with van der Waals surface area (Å²) in [5.41, 5.74) is 3.64. The van der Waals surface area contributed by atoms with Gasteiger partial charge in [0.1, 0.15) is 0 Å². The molecule has 148 valence electrons. The number of nitrogens with zero attached hydrogens (tertiary/aromatic N) is 5. The van der Waals surface area contributed by atoms with Gasteiger partial charge in [-0.05, 0) is 43.4 Å². The number of aromatic amines is 1. The van der Waals surface area contributed by atoms with Crippen LogP contribution in [0.15, 0.2) is 53.7 Å². The summed E-state index contributed by atoms with van der Waals surface area (Å²) in [7, 11) is 0. The normalized spacial score (nSPS) is 15.2. The van der Waals surface area contributed by atoms with E-state index < -0.39 is 0 Å². The third-order valence-corrected chi connectivity index (χ3v) is 5.51. The van der Waals surface area contributed by atoms with Gasteiger partial charge in [-0.25, -0.2) is 19.4 Å². The zero-order valence-electron chi connectivity index (χ0n) is 16.0. The Morgan fingerprint density at radius 3 is 2.76 bits per heavy atom. The molecule has 0 spiro atoms. The summed E-state index contributed by atoms with van der Waals surface area (Å²) in [4.78, 5) is 24.4. The fourth-order valence-electron chi connectivity index (χ4n) is 3.82. The first kappa shape index (κ1) is 17.8. The van der Waals surface area contributed by atoms with Crippen molar-refractivity contribution in [1.29, 1.82) is 0 Å². The molecule has 0 unspecified atom stereocenters. The van der Waals surface area contributed by atoms with E-state index in [1.165, 1.54) is 0 Å². The van der Waals surface area contributed by atoms with Gasteiger partial charge in [0.2, 0.25) is 0 Å². The van der Waals surface area contributed by atoms with E-state index in [0.29, 0.717) is 23.8 Å². The fraction of sp³-hybridized carbons (Fsp3) is 0.333. The maximum absolute atomic E-state index is 12.4. The Morgan fingerprint density at radius 1 is 1.17 bits per heavy atom. The van der Waals surface area contributed by atoms with Gasteiger partial charge in [0.05, 0.1) is 17.6 Å². The Balaban J connectivity index is 1.42. The summed E-state index contributed by atoms with van der Waals surface area (Å²) in [5.74, 6) is 0.589. The Morgan fingerprint density at radius 2 is 2.00 bits per heavy atom. The first-order chi connectivity index (χ1) is 14.3. The lowest BCUT2D eigenvalue weighted by Gasteiger charge is -2.21. The highest BCUT2D eigenvalue weighted by Gasteiger charge is 2.16. The summed E-state index contributed by atoms with van der Waals surface area (Å²) in [5, 5.41) is 4.24. The van der Waals surface area contributed by atoms with Crippen LogP contribution >= 0.6 is 0 Å². The number of benzene rings is 1. The molecule has 29 heavy (non-hydrogen) atoms. The second-order valence-electron chi connectivity index (χ2n) is 7.35. The Labute approximate surface area is 167 Å². The molecular formula is C21H22N6O2. The van der Waals surface area contributed by atoms with Gasteiger partial charge in [0.15, 0.2) is 11.3 Å². The van der Waals surface area contributed by atoms with Crippen molar-refractivity contribution in [1.82, 2.24) is 29.3 Å². The summed E-state index contributed by atoms with van der Waals surface area (Å²) in [6.07, 6.45) is 8.40. The highest BCUT2D eigenvalue weighted by atomic mass is 16.5. The van der Waals surface area contributed by atoms with E-state index in [2.05, 4.69) is 15.1 Å². The molecule has 5 rings (SSSR count). The van der Waals surface area contributed by atoms with Crippen LogP contribution in [0.3, 0.4) is 0 Å². The van der Waals surface area contributed by atoms with Crippen LogP contribution in [0, 0.1) is 5.92 Å². The molecule has 1 N–H and O–H groups in total. The molecule has 0 saturated carbocycles. The van der Waals surface area contributed by atoms with Gasteiger partial charge in [-0.1, -0.05) is 12.1 Å². The monoisotopic (exact) mass is 390 g/mol. The number of aromatic nitrogens is 6. The third kappa shape index (κ3) is 3.58. The molecule has 0 aliphatic carbocycles. The number of aryl methyl sites for hydroxylation is 1. The van der Waals surface area contributed by atoms with Crippen LogP contribution < -0.4 is 5.69 Å². The number of H-pyrrole nitrogens is 1. The predicted octanol–water partition coefficient (Wildman–Crippen LogP) is 2.79. The van der Waals surface area contributed by atoms with Gasteiger partial charge >= 0.3 is 5.69 Å². The first-order valence-electron chi connectivity index (χ1n) is 9.92. The standard InChI is InChI=1S/C21H22N6O2/c28-21-25-19-20(26(21)11-6-15-7-12-29-13-8-15)24-18(14-22-19)16-2-4-17(5-3-16)27-10-1-9-23-27/h1-5,9-10,14-15H,6-8,11-13H2,(H,22,25,28). The van der Waals surface area contributed by atoms with E-state index in [-0.39, 0.29) is 5.69 Å². The summed E-state index contributed by atoms with van der Waals surface area (Å²) in [6, 6.07) is 9.85. The van der Waals surface area contributed by atoms with Crippen molar-refractivity contribution in [3.63, 3.8) is 0 Å². The Kier molecular flexibility index (Phi) is 4.69. The molecule has 0 radical (unpaired) electrons. The lowest BCUT2D eigenvalue weighted by Crippen LogP contribution is -2.22. The van der Waals surface area contributed by atoms with Gasteiger partial charge in [0.25, 0.3) is 0 Å². The predicted molar refractivity (Wildman–Crippen MR) is 109 cm³/mol. The molecule has 1 saturated heterocycles. The highest BCUT2D eigenvalue weighted by molar-refractivity contribution is 5.71. The van der Waals surface area contributed by atoms with Crippen molar-refractivity contribution in [2.75, 3.05) is 13.2 Å². The summed E-state index contributed by atoms with van der Waals surface area (Å²) >= 11 is 0. The number of hydrogen-bond acceptors (Lipinski definition) is 5. The van der Waals surface area contributed by atoms with Crippen LogP contribution in [0.1, 0.15) is 19.3 Å². The van der Waals surface area contributed by atoms with Gasteiger partial charge in [0, 0.05) is 37.7 Å². The minimum Gasteiger partial charge on any atom is -0.381 e. The van der Waals surface area contributed by atoms with Crippen LogP contribution in [0.2, 0.25) is 0 Å². The van der Waals surface area contributed by atoms with Crippen molar-refractivity contribution in [2.45, 2.75) is 25.8 Å². The third-order valence-electron chi connectivity index (χ3n) is 5.51. The molecule has 1 fully saturated rings. The van der Waals surface area contributed by atoms with Gasteiger partial charge in [-0.15, -0.1) is 0 Å². The molecule has 0 amide bonds. The zero-order valence-corrected chi connectivity index (χ0v) is 16.0. The molecule has 0 bridgehead atoms. The smallest absolute Gasteiger partial charge is 0.328 e. The summed E-state index contributed by atoms with van der Waals surface area (Å²) in [6.45, 7) is 2.26. The maximum Gasteiger partial charge on any atom is 0.328 e. The molecule has 3 aromatic heterocycles. The van der Waals surface area contributed by atoms with Crippen molar-refractivity contribution < 1.29 is 4.74 Å². The van der Waals surface area contributed by atoms with Crippen LogP contribution in [-0.4, -0.2) is 42.5 Å². The largest absolute Gasteiger partial charge is 0.381 e. The number of ether oxygens (including phenoxy) is 1. The van der Waals surface area contributed by atoms with E-state index in [9.17, 15) is 4.79 Å². The van der Waals surface area contributed by atoms with Crippen molar-refractivity contribution in [2.24, 2.45) is 5.92 Å². The van der Waals surface area contributed by atoms with E-state index >= 15 is 0 Å². The first-order valence-corrected chi connectivity index (χ1v) is 9.92. The van der Waals surface area contributed by atoms with Gasteiger partial charge in [-0.3, -0.25) is 9.55 Å². The lowest BCUT2D eigenvalue weighted by atomic mass is 9.97. The molecule has 8 nitrogen and oxygen atoms in total. The van der Waals surface area contributed by atoms with Crippen LogP contribution in [0.5, 0.6) is 0 Å². The average molecular weight is 390 g/mol. The zero-order chi connectivity index (χ0) is 19.6. The molecule has 4 heterocycles. The number of rotatable bonds is 5. The second kappa shape index (κ2) is 7.63. The quantitative estimate of drug-likeness (QED) is 0.566. The number of hydrogen-bond donors (Lipinski definition) is 1. The fourth-order valence-corrected chi connectivity index (χ4v) is 3.82. The van der Waals surface area contributed by atoms with Crippen LogP contribution in [0.25, 0.3) is 28.2 Å². The SMILES string of the molecule is O=c1[nH]c2ncc(-c3ccc(-n4cccn4)cc3)nc2n1CCC1CCOCC1. The topological polar surface area (TPSA) is 90.6 Å². The number of nitrogens with one attached hydrogen (secondary N) is 1. The average Bonchev–Trinajstić information content (AvgIpc) is 3.40. The maximum atomic E-state index is 12.4. The molecule has 4 aromatic rings. The van der Waals surface area contributed by atoms with Crippen molar-refractivity contribution >= 4 is 11.3 Å². The Bertz CT molecular complexity index is 1150. The van der Waals surface area contributed by atoms with E-state index in [1.807, 2.05) is 36.5 Å². The Hall–Kier alpha value is -3.26. The molecule has 1 aliphatic rings. The van der Waals surface area contributed by atoms with Crippen molar-refractivity contribution in [3.8, 4) is 16.9 Å². The van der Waals surface area contributed by atoms with Crippen molar-refractivity contribution in [3.05, 3.63) is 59.4 Å². The molecule has 8 heteroatoms. The van der Waals surface area contributed by atoms with E-state index in [1.54, 1.807) is 21.6 Å². The number of fused-ring (bicyclic) bond motifs is 1. The van der Waals surface area contributed by atoms with E-state index in [0.717, 1.165) is 49.4 Å². The van der Waals surface area contributed by atoms with Crippen LogP contribution in [-0.2, 0) is 11.3 Å². The van der Waals surface area contributed by atoms with Crippen LogP contribution in [0.4, 0.5) is 0 Å². The minimum absolute atomic E-state index is 0.154. The van der Waals surface area contributed by atoms with E-state index in [4.69, 9.17) is 9.72 Å². The number of imidazole rings is 1. The lowest BCUT2D eigenvalue weighted by molar-refractivity contribution is 0.0626. The highest BCUT2D eigenvalue weighted by Crippen LogP contribution is 2.22. The summed E-state index contributed by atoms with van der Waals surface area (Å²) < 4.78 is 8.94. The molecule has 0 atom stereocenters. The minimum atomic E-state index is -0.154. The van der Waals surface area contributed by atoms with Gasteiger partial charge in [-0.2, -0.15) is 5.10 Å². The molecule has 1 aliphatic heterocycles. The molecular weight excluding hydrogens is 368 g/mol. The second-order valence-corrected chi connectivity index (χ2v) is 7.35. The molecule has 1 aromatic carbocycles. The van der Waals surface area contributed by atoms with Gasteiger partial charge < -0.3 is 4.74 Å².